The Hall–Kier alpha value is -3.58. The van der Waals surface area contributed by atoms with Crippen LogP contribution in [-0.4, -0.2) is 0 Å². The summed E-state index contributed by atoms with van der Waals surface area (Å²) < 4.78 is 150. The molecule has 0 saturated heterocycles. The van der Waals surface area contributed by atoms with Crippen molar-refractivity contribution in [2.45, 2.75) is 0 Å². The first kappa shape index (κ1) is 29.0. The number of hydrogen-bond acceptors (Lipinski definition) is 10. The van der Waals surface area contributed by atoms with Crippen LogP contribution in [0.2, 0.25) is 0 Å². The van der Waals surface area contributed by atoms with E-state index >= 15 is 0 Å². The highest BCUT2D eigenvalue weighted by atomic mass is 31.2. The van der Waals surface area contributed by atoms with Crippen LogP contribution in [0.4, 0.5) is 56.6 Å². The number of phosphoric acid groups is 1. The van der Waals surface area contributed by atoms with Crippen molar-refractivity contribution in [1.29, 1.82) is 0 Å². The molecule has 0 radical (unpaired) electrons. The van der Waals surface area contributed by atoms with Crippen LogP contribution in [0.15, 0.2) is 36.4 Å². The third kappa shape index (κ3) is 6.27. The zero-order valence-corrected chi connectivity index (χ0v) is 18.9. The van der Waals surface area contributed by atoms with E-state index in [4.69, 9.17) is 17.5 Å². The summed E-state index contributed by atoms with van der Waals surface area (Å²) in [5.41, 5.74) is -3.98. The van der Waals surface area contributed by atoms with Gasteiger partial charge in [0.2, 0.25) is 0 Å². The Balaban J connectivity index is 2.03. The molecule has 0 aliphatic carbocycles. The van der Waals surface area contributed by atoms with Crippen LogP contribution in [0, 0.1) is 52.4 Å². The highest BCUT2D eigenvalue weighted by Crippen LogP contribution is 2.52. The molecular formula is C18H12F9N6O4P. The van der Waals surface area contributed by atoms with Crippen molar-refractivity contribution in [3.05, 3.63) is 88.8 Å². The predicted octanol–water partition coefficient (Wildman–Crippen LogP) is 4.28. The molecule has 0 aliphatic rings. The Bertz CT molecular complexity index is 1260. The molecule has 3 aromatic carbocycles. The molecule has 0 heterocycles. The molecule has 0 saturated carbocycles. The Morgan fingerprint density at radius 2 is 0.737 bits per heavy atom. The largest absolute Gasteiger partial charge is 0.543 e. The van der Waals surface area contributed by atoms with Crippen molar-refractivity contribution >= 4 is 24.9 Å². The number of benzene rings is 3. The Labute approximate surface area is 205 Å². The van der Waals surface area contributed by atoms with Gasteiger partial charge in [0, 0.05) is 36.4 Å². The van der Waals surface area contributed by atoms with Crippen molar-refractivity contribution in [2.75, 3.05) is 15.5 Å². The van der Waals surface area contributed by atoms with Gasteiger partial charge in [0.25, 0.3) is 0 Å². The fourth-order valence-electron chi connectivity index (χ4n) is 2.61. The van der Waals surface area contributed by atoms with Crippen LogP contribution in [0.5, 0.6) is 0 Å². The topological polar surface area (TPSA) is 133 Å². The van der Waals surface area contributed by atoms with Crippen molar-refractivity contribution < 1.29 is 58.0 Å². The van der Waals surface area contributed by atoms with Crippen molar-refractivity contribution in [2.24, 2.45) is 17.5 Å². The molecule has 38 heavy (non-hydrogen) atoms. The van der Waals surface area contributed by atoms with Gasteiger partial charge in [-0.15, -0.1) is 13.9 Å². The zero-order valence-electron chi connectivity index (χ0n) is 18.0. The second kappa shape index (κ2) is 11.0. The van der Waals surface area contributed by atoms with Gasteiger partial charge >= 0.3 is 7.82 Å². The van der Waals surface area contributed by atoms with Crippen LogP contribution < -0.4 is 33.0 Å². The Morgan fingerprint density at radius 1 is 0.500 bits per heavy atom. The zero-order chi connectivity index (χ0) is 28.5. The van der Waals surface area contributed by atoms with E-state index in [-0.39, 0.29) is 36.4 Å². The van der Waals surface area contributed by atoms with Gasteiger partial charge in [0.1, 0.15) is 34.5 Å². The second-order valence-corrected chi connectivity index (χ2v) is 8.22. The number of hydrazine groups is 3. The van der Waals surface area contributed by atoms with E-state index in [0.29, 0.717) is 0 Å². The summed E-state index contributed by atoms with van der Waals surface area (Å²) in [7, 11) is -5.87. The lowest BCUT2D eigenvalue weighted by molar-refractivity contribution is 0.0839. The molecule has 0 amide bonds. The number of nitrogens with zero attached hydrogens (tertiary/aromatic N) is 3. The first-order valence-corrected chi connectivity index (χ1v) is 10.8. The van der Waals surface area contributed by atoms with Crippen LogP contribution in [0.25, 0.3) is 0 Å². The number of rotatable bonds is 9. The van der Waals surface area contributed by atoms with Crippen molar-refractivity contribution in [3.63, 3.8) is 0 Å². The predicted molar refractivity (Wildman–Crippen MR) is 110 cm³/mol. The average molecular weight is 578 g/mol. The Kier molecular flexibility index (Phi) is 8.42. The van der Waals surface area contributed by atoms with Crippen LogP contribution in [0.3, 0.4) is 0 Å². The van der Waals surface area contributed by atoms with Crippen LogP contribution >= 0.6 is 7.82 Å². The lowest BCUT2D eigenvalue weighted by Gasteiger charge is -2.29. The highest BCUT2D eigenvalue weighted by molar-refractivity contribution is 7.48. The molecule has 0 fully saturated rings. The van der Waals surface area contributed by atoms with E-state index in [1.165, 1.54) is 0 Å². The summed E-state index contributed by atoms with van der Waals surface area (Å²) in [4.78, 5) is 0. The molecule has 3 aromatic rings. The van der Waals surface area contributed by atoms with Gasteiger partial charge in [-0.2, -0.15) is 15.5 Å². The van der Waals surface area contributed by atoms with Gasteiger partial charge < -0.3 is 0 Å². The summed E-state index contributed by atoms with van der Waals surface area (Å²) in [6.45, 7) is 0. The fraction of sp³-hybridized carbons (Fsp3) is 0. The summed E-state index contributed by atoms with van der Waals surface area (Å²) >= 11 is 0. The maximum Gasteiger partial charge on any atom is 0.543 e. The number of anilines is 3. The summed E-state index contributed by atoms with van der Waals surface area (Å²) in [6.07, 6.45) is 0. The fourth-order valence-corrected chi connectivity index (χ4v) is 3.61. The third-order valence-corrected chi connectivity index (χ3v) is 5.33. The van der Waals surface area contributed by atoms with Crippen molar-refractivity contribution in [1.82, 2.24) is 0 Å². The van der Waals surface area contributed by atoms with E-state index in [2.05, 4.69) is 13.9 Å². The van der Waals surface area contributed by atoms with Gasteiger partial charge in [-0.25, -0.2) is 61.6 Å². The molecule has 3 rings (SSSR count). The van der Waals surface area contributed by atoms with Gasteiger partial charge in [0.05, 0.1) is 0 Å². The third-order valence-electron chi connectivity index (χ3n) is 4.20. The highest BCUT2D eigenvalue weighted by Gasteiger charge is 2.39. The van der Waals surface area contributed by atoms with E-state index < -0.39 is 92.8 Å². The molecule has 0 unspecified atom stereocenters. The molecule has 0 aliphatic heterocycles. The minimum absolute atomic E-state index is 0.0744. The average Bonchev–Trinajstić information content (AvgIpc) is 2.80. The quantitative estimate of drug-likeness (QED) is 0.111. The molecule has 0 spiro atoms. The van der Waals surface area contributed by atoms with Crippen LogP contribution in [-0.2, 0) is 18.4 Å². The second-order valence-electron chi connectivity index (χ2n) is 6.83. The van der Waals surface area contributed by atoms with Crippen molar-refractivity contribution in [3.8, 4) is 0 Å². The first-order chi connectivity index (χ1) is 17.6. The maximum atomic E-state index is 14.1. The van der Waals surface area contributed by atoms with E-state index in [1.54, 1.807) is 0 Å². The number of hydrogen-bond donors (Lipinski definition) is 3. The molecule has 0 bridgehead atoms. The molecule has 206 valence electrons. The molecule has 0 aromatic heterocycles. The van der Waals surface area contributed by atoms with Crippen LogP contribution in [0.1, 0.15) is 0 Å². The first-order valence-electron chi connectivity index (χ1n) is 9.39. The maximum absolute atomic E-state index is 14.1. The van der Waals surface area contributed by atoms with Gasteiger partial charge in [-0.05, 0) is 0 Å². The SMILES string of the molecule is NN(OP(=O)(ON(N)c1cc(F)cc(F)c1F)ON(N)c1cc(F)cc(F)c1F)c1cc(F)cc(F)c1F. The monoisotopic (exact) mass is 578 g/mol. The minimum Gasteiger partial charge on any atom is -0.222 e. The van der Waals surface area contributed by atoms with E-state index in [1.807, 2.05) is 0 Å². The summed E-state index contributed by atoms with van der Waals surface area (Å²) in [6, 6.07) is 0.826. The normalized spacial score (nSPS) is 11.6. The summed E-state index contributed by atoms with van der Waals surface area (Å²) in [5, 5.41) is -1.43. The molecule has 10 nitrogen and oxygen atoms in total. The lowest BCUT2D eigenvalue weighted by atomic mass is 10.3. The van der Waals surface area contributed by atoms with Gasteiger partial charge in [-0.1, -0.05) is 0 Å². The number of halogens is 9. The van der Waals surface area contributed by atoms with E-state index in [9.17, 15) is 44.1 Å². The Morgan fingerprint density at radius 3 is 0.974 bits per heavy atom. The molecule has 0 atom stereocenters. The van der Waals surface area contributed by atoms with Gasteiger partial charge in [0.15, 0.2) is 34.9 Å². The minimum atomic E-state index is -5.87. The summed E-state index contributed by atoms with van der Waals surface area (Å²) in [5.74, 6) is 0.418. The van der Waals surface area contributed by atoms with E-state index in [0.717, 1.165) is 0 Å². The smallest absolute Gasteiger partial charge is 0.222 e. The number of nitrogens with two attached hydrogens (primary N) is 3. The lowest BCUT2D eigenvalue weighted by Crippen LogP contribution is -2.39. The molecule has 6 N–H and O–H groups in total. The standard InChI is InChI=1S/C18H12F9N6O4P/c19-7-1-10(22)16(25)13(4-7)31(28)35-38(34,36-32(29)14-5-8(20)2-11(23)17(14)26)37-33(30)15-6-9(21)3-12(24)18(15)27/h1-6H,28-30H2. The van der Waals surface area contributed by atoms with Gasteiger partial charge in [-0.3, -0.25) is 0 Å². The molecule has 20 heteroatoms. The molecular weight excluding hydrogens is 566 g/mol.